The minimum absolute atomic E-state index is 0.156. The number of nitrogens with zero attached hydrogens (tertiary/aromatic N) is 1. The molecule has 3 nitrogen and oxygen atoms in total. The molecule has 1 aromatic carbocycles. The molecule has 1 heterocycles. The minimum Gasteiger partial charge on any atom is -0.487 e. The molecule has 0 aliphatic carbocycles. The molecule has 1 aromatic rings. The van der Waals surface area contributed by atoms with Gasteiger partial charge in [0.25, 0.3) is 0 Å². The predicted molar refractivity (Wildman–Crippen MR) is 79.4 cm³/mol. The third kappa shape index (κ3) is 4.51. The molecule has 0 radical (unpaired) electrons. The van der Waals surface area contributed by atoms with Gasteiger partial charge in [0.1, 0.15) is 11.4 Å². The third-order valence-corrected chi connectivity index (χ3v) is 3.78. The normalized spacial score (nSPS) is 18.5. The first-order valence-corrected chi connectivity index (χ1v) is 7.25. The van der Waals surface area contributed by atoms with E-state index in [1.54, 1.807) is 0 Å². The van der Waals surface area contributed by atoms with E-state index in [9.17, 15) is 0 Å². The number of nitrogens with two attached hydrogens (primary N) is 1. The van der Waals surface area contributed by atoms with Gasteiger partial charge in [-0.3, -0.25) is 4.90 Å². The Morgan fingerprint density at radius 1 is 1.21 bits per heavy atom. The van der Waals surface area contributed by atoms with Crippen LogP contribution in [0.25, 0.3) is 0 Å². The Balaban J connectivity index is 1.84. The van der Waals surface area contributed by atoms with E-state index in [2.05, 4.69) is 18.7 Å². The number of piperidine rings is 1. The second kappa shape index (κ2) is 6.40. The summed E-state index contributed by atoms with van der Waals surface area (Å²) in [7, 11) is 0. The highest BCUT2D eigenvalue weighted by Crippen LogP contribution is 2.22. The Labute approximate surface area is 116 Å². The summed E-state index contributed by atoms with van der Waals surface area (Å²) >= 11 is 0. The summed E-state index contributed by atoms with van der Waals surface area (Å²) in [5.41, 5.74) is 5.58. The van der Waals surface area contributed by atoms with Crippen molar-refractivity contribution >= 4 is 0 Å². The summed E-state index contributed by atoms with van der Waals surface area (Å²) in [6.45, 7) is 8.41. The summed E-state index contributed by atoms with van der Waals surface area (Å²) in [5, 5.41) is 0. The maximum absolute atomic E-state index is 6.09. The van der Waals surface area contributed by atoms with Crippen LogP contribution in [-0.4, -0.2) is 36.7 Å². The van der Waals surface area contributed by atoms with Gasteiger partial charge in [-0.1, -0.05) is 18.2 Å². The van der Waals surface area contributed by atoms with Gasteiger partial charge in [0.15, 0.2) is 0 Å². The molecule has 19 heavy (non-hydrogen) atoms. The standard InChI is InChI=1S/C16H26N2O/c1-16(2,19-15-6-4-3-5-7-15)13-18-10-8-14(12-17)9-11-18/h3-7,14H,8-13,17H2,1-2H3. The molecule has 2 N–H and O–H groups in total. The van der Waals surface area contributed by atoms with Crippen molar-refractivity contribution in [3.8, 4) is 5.75 Å². The predicted octanol–water partition coefficient (Wildman–Crippen LogP) is 2.51. The first-order valence-electron chi connectivity index (χ1n) is 7.25. The molecule has 0 amide bonds. The Morgan fingerprint density at radius 2 is 1.84 bits per heavy atom. The Hall–Kier alpha value is -1.06. The van der Waals surface area contributed by atoms with Crippen molar-refractivity contribution in [2.24, 2.45) is 11.7 Å². The Bertz CT molecular complexity index is 370. The van der Waals surface area contributed by atoms with Crippen LogP contribution in [0.1, 0.15) is 26.7 Å². The van der Waals surface area contributed by atoms with Gasteiger partial charge in [-0.15, -0.1) is 0 Å². The molecule has 0 bridgehead atoms. The molecule has 1 saturated heterocycles. The highest BCUT2D eigenvalue weighted by Gasteiger charge is 2.26. The lowest BCUT2D eigenvalue weighted by molar-refractivity contribution is 0.0454. The first-order chi connectivity index (χ1) is 9.09. The molecule has 2 rings (SSSR count). The van der Waals surface area contributed by atoms with E-state index in [-0.39, 0.29) is 5.60 Å². The minimum atomic E-state index is -0.156. The van der Waals surface area contributed by atoms with E-state index in [4.69, 9.17) is 10.5 Å². The number of hydrogen-bond acceptors (Lipinski definition) is 3. The maximum atomic E-state index is 6.09. The zero-order valence-corrected chi connectivity index (χ0v) is 12.1. The summed E-state index contributed by atoms with van der Waals surface area (Å²) in [6.07, 6.45) is 2.44. The van der Waals surface area contributed by atoms with Crippen LogP contribution in [0, 0.1) is 5.92 Å². The second-order valence-corrected chi connectivity index (χ2v) is 6.13. The summed E-state index contributed by atoms with van der Waals surface area (Å²) < 4.78 is 6.09. The average molecular weight is 262 g/mol. The molecule has 0 spiro atoms. The summed E-state index contributed by atoms with van der Waals surface area (Å²) in [4.78, 5) is 2.50. The molecule has 0 atom stereocenters. The SMILES string of the molecule is CC(C)(CN1CCC(CN)CC1)Oc1ccccc1. The molecule has 0 aromatic heterocycles. The lowest BCUT2D eigenvalue weighted by Crippen LogP contribution is -2.46. The smallest absolute Gasteiger partial charge is 0.120 e. The quantitative estimate of drug-likeness (QED) is 0.886. The molecule has 0 unspecified atom stereocenters. The monoisotopic (exact) mass is 262 g/mol. The van der Waals surface area contributed by atoms with E-state index in [1.807, 2.05) is 30.3 Å². The number of hydrogen-bond donors (Lipinski definition) is 1. The van der Waals surface area contributed by atoms with Gasteiger partial charge in [-0.2, -0.15) is 0 Å². The summed E-state index contributed by atoms with van der Waals surface area (Å²) in [6, 6.07) is 10.1. The van der Waals surface area contributed by atoms with Gasteiger partial charge in [-0.05, 0) is 64.4 Å². The number of rotatable bonds is 5. The van der Waals surface area contributed by atoms with Crippen LogP contribution in [0.3, 0.4) is 0 Å². The van der Waals surface area contributed by atoms with Crippen molar-refractivity contribution in [3.05, 3.63) is 30.3 Å². The zero-order chi connectivity index (χ0) is 13.7. The fourth-order valence-corrected chi connectivity index (χ4v) is 2.76. The first kappa shape index (κ1) is 14.4. The van der Waals surface area contributed by atoms with Gasteiger partial charge < -0.3 is 10.5 Å². The third-order valence-electron chi connectivity index (χ3n) is 3.78. The zero-order valence-electron chi connectivity index (χ0n) is 12.1. The van der Waals surface area contributed by atoms with Crippen LogP contribution in [0.4, 0.5) is 0 Å². The van der Waals surface area contributed by atoms with E-state index in [0.29, 0.717) is 0 Å². The highest BCUT2D eigenvalue weighted by molar-refractivity contribution is 5.21. The Kier molecular flexibility index (Phi) is 4.83. The van der Waals surface area contributed by atoms with Gasteiger partial charge in [-0.25, -0.2) is 0 Å². The van der Waals surface area contributed by atoms with Crippen molar-refractivity contribution in [2.75, 3.05) is 26.2 Å². The molecule has 0 saturated carbocycles. The lowest BCUT2D eigenvalue weighted by atomic mass is 9.96. The summed E-state index contributed by atoms with van der Waals surface area (Å²) in [5.74, 6) is 1.67. The van der Waals surface area contributed by atoms with Crippen molar-refractivity contribution < 1.29 is 4.74 Å². The lowest BCUT2D eigenvalue weighted by Gasteiger charge is -2.37. The van der Waals surface area contributed by atoms with E-state index in [1.165, 1.54) is 12.8 Å². The number of benzene rings is 1. The van der Waals surface area contributed by atoms with Gasteiger partial charge in [0, 0.05) is 6.54 Å². The van der Waals surface area contributed by atoms with Crippen molar-refractivity contribution in [1.29, 1.82) is 0 Å². The second-order valence-electron chi connectivity index (χ2n) is 6.13. The van der Waals surface area contributed by atoms with Gasteiger partial charge in [0.2, 0.25) is 0 Å². The van der Waals surface area contributed by atoms with Crippen LogP contribution in [0.2, 0.25) is 0 Å². The van der Waals surface area contributed by atoms with Crippen molar-refractivity contribution in [1.82, 2.24) is 4.90 Å². The molecular weight excluding hydrogens is 236 g/mol. The van der Waals surface area contributed by atoms with Crippen LogP contribution in [-0.2, 0) is 0 Å². The van der Waals surface area contributed by atoms with E-state index >= 15 is 0 Å². The van der Waals surface area contributed by atoms with E-state index < -0.39 is 0 Å². The van der Waals surface area contributed by atoms with Crippen LogP contribution in [0.15, 0.2) is 30.3 Å². The number of likely N-dealkylation sites (tertiary alicyclic amines) is 1. The maximum Gasteiger partial charge on any atom is 0.120 e. The van der Waals surface area contributed by atoms with Gasteiger partial charge >= 0.3 is 0 Å². The van der Waals surface area contributed by atoms with Crippen molar-refractivity contribution in [3.63, 3.8) is 0 Å². The average Bonchev–Trinajstić information content (AvgIpc) is 2.39. The number of ether oxygens (including phenoxy) is 1. The molecule has 1 aliphatic heterocycles. The van der Waals surface area contributed by atoms with Gasteiger partial charge in [0.05, 0.1) is 0 Å². The van der Waals surface area contributed by atoms with Crippen molar-refractivity contribution in [2.45, 2.75) is 32.3 Å². The molecule has 1 aliphatic rings. The highest BCUT2D eigenvalue weighted by atomic mass is 16.5. The molecule has 3 heteroatoms. The Morgan fingerprint density at radius 3 is 2.42 bits per heavy atom. The van der Waals surface area contributed by atoms with Crippen LogP contribution >= 0.6 is 0 Å². The topological polar surface area (TPSA) is 38.5 Å². The van der Waals surface area contributed by atoms with E-state index in [0.717, 1.165) is 37.8 Å². The molecule has 1 fully saturated rings. The van der Waals surface area contributed by atoms with Crippen LogP contribution < -0.4 is 10.5 Å². The van der Waals surface area contributed by atoms with Crippen LogP contribution in [0.5, 0.6) is 5.75 Å². The largest absolute Gasteiger partial charge is 0.487 e. The fraction of sp³-hybridized carbons (Fsp3) is 0.625. The molecular formula is C16H26N2O. The molecule has 106 valence electrons. The number of para-hydroxylation sites is 1. The fourth-order valence-electron chi connectivity index (χ4n) is 2.76.